The molecule has 0 saturated carbocycles. The van der Waals surface area contributed by atoms with Crippen LogP contribution in [0, 0.1) is 0 Å². The molecule has 0 bridgehead atoms. The van der Waals surface area contributed by atoms with Crippen molar-refractivity contribution in [3.05, 3.63) is 46.5 Å². The Labute approximate surface area is 92.0 Å². The highest BCUT2D eigenvalue weighted by Crippen LogP contribution is 2.33. The Bertz CT molecular complexity index is 367. The maximum atomic E-state index is 11.4. The van der Waals surface area contributed by atoms with Crippen molar-refractivity contribution in [2.24, 2.45) is 0 Å². The molecule has 0 radical (unpaired) electrons. The van der Waals surface area contributed by atoms with Crippen molar-refractivity contribution >= 4 is 21.7 Å². The van der Waals surface area contributed by atoms with Gasteiger partial charge >= 0.3 is 0 Å². The van der Waals surface area contributed by atoms with Crippen molar-refractivity contribution in [3.63, 3.8) is 0 Å². The third-order valence-corrected chi connectivity index (χ3v) is 3.03. The van der Waals surface area contributed by atoms with Crippen LogP contribution in [0.4, 0.5) is 0 Å². The number of allylic oxidation sites excluding steroid dienone is 2. The molecular formula is C12H11BrO. The third kappa shape index (κ3) is 2.13. The Balaban J connectivity index is 2.22. The lowest BCUT2D eigenvalue weighted by molar-refractivity contribution is -0.115. The van der Waals surface area contributed by atoms with E-state index in [1.54, 1.807) is 6.08 Å². The SMILES string of the molecule is O=C1C=C(Br)CC(c2ccccc2)C1. The van der Waals surface area contributed by atoms with Gasteiger partial charge < -0.3 is 0 Å². The van der Waals surface area contributed by atoms with E-state index in [1.165, 1.54) is 5.56 Å². The van der Waals surface area contributed by atoms with Crippen LogP contribution < -0.4 is 0 Å². The molecule has 14 heavy (non-hydrogen) atoms. The summed E-state index contributed by atoms with van der Waals surface area (Å²) in [6, 6.07) is 10.2. The standard InChI is InChI=1S/C12H11BrO/c13-11-6-10(7-12(14)8-11)9-4-2-1-3-5-9/h1-5,8,10H,6-7H2. The van der Waals surface area contributed by atoms with Crippen LogP contribution in [0.2, 0.25) is 0 Å². The van der Waals surface area contributed by atoms with Gasteiger partial charge in [0, 0.05) is 6.42 Å². The zero-order chi connectivity index (χ0) is 9.97. The Morgan fingerprint density at radius 2 is 1.86 bits per heavy atom. The van der Waals surface area contributed by atoms with Gasteiger partial charge in [0.1, 0.15) is 0 Å². The minimum absolute atomic E-state index is 0.219. The first-order chi connectivity index (χ1) is 6.75. The Hall–Kier alpha value is -0.890. The summed E-state index contributed by atoms with van der Waals surface area (Å²) in [5.74, 6) is 0.569. The molecular weight excluding hydrogens is 240 g/mol. The quantitative estimate of drug-likeness (QED) is 0.747. The molecule has 0 amide bonds. The summed E-state index contributed by atoms with van der Waals surface area (Å²) < 4.78 is 1.02. The molecule has 1 aromatic rings. The fraction of sp³-hybridized carbons (Fsp3) is 0.250. The van der Waals surface area contributed by atoms with Gasteiger partial charge in [-0.15, -0.1) is 0 Å². The molecule has 1 aliphatic rings. The predicted molar refractivity (Wildman–Crippen MR) is 60.4 cm³/mol. The van der Waals surface area contributed by atoms with Crippen LogP contribution in [-0.2, 0) is 4.79 Å². The number of rotatable bonds is 1. The molecule has 2 rings (SSSR count). The van der Waals surface area contributed by atoms with Crippen molar-refractivity contribution in [2.75, 3.05) is 0 Å². The number of benzene rings is 1. The van der Waals surface area contributed by atoms with Gasteiger partial charge in [0.15, 0.2) is 5.78 Å². The van der Waals surface area contributed by atoms with Gasteiger partial charge in [-0.1, -0.05) is 46.3 Å². The van der Waals surface area contributed by atoms with Crippen LogP contribution in [0.3, 0.4) is 0 Å². The Morgan fingerprint density at radius 1 is 1.14 bits per heavy atom. The number of hydrogen-bond donors (Lipinski definition) is 0. The molecule has 1 aromatic carbocycles. The number of ketones is 1. The van der Waals surface area contributed by atoms with E-state index >= 15 is 0 Å². The van der Waals surface area contributed by atoms with Crippen molar-refractivity contribution < 1.29 is 4.79 Å². The van der Waals surface area contributed by atoms with Crippen LogP contribution >= 0.6 is 15.9 Å². The van der Waals surface area contributed by atoms with E-state index in [4.69, 9.17) is 0 Å². The molecule has 0 spiro atoms. The summed E-state index contributed by atoms with van der Waals surface area (Å²) in [7, 11) is 0. The lowest BCUT2D eigenvalue weighted by Crippen LogP contribution is -2.10. The second-order valence-electron chi connectivity index (χ2n) is 3.57. The normalized spacial score (nSPS) is 21.9. The summed E-state index contributed by atoms with van der Waals surface area (Å²) in [4.78, 5) is 11.4. The summed E-state index contributed by atoms with van der Waals surface area (Å²) in [6.45, 7) is 0. The molecule has 0 fully saturated rings. The Kier molecular flexibility index (Phi) is 2.82. The summed E-state index contributed by atoms with van der Waals surface area (Å²) in [5.41, 5.74) is 1.26. The summed E-state index contributed by atoms with van der Waals surface area (Å²) in [5, 5.41) is 0. The molecule has 1 atom stereocenters. The number of carbonyl (C=O) groups excluding carboxylic acids is 1. The second-order valence-corrected chi connectivity index (χ2v) is 4.59. The number of halogens is 1. The van der Waals surface area contributed by atoms with E-state index in [2.05, 4.69) is 28.1 Å². The van der Waals surface area contributed by atoms with E-state index in [-0.39, 0.29) is 5.78 Å². The molecule has 0 aromatic heterocycles. The van der Waals surface area contributed by atoms with Crippen LogP contribution in [0.15, 0.2) is 40.9 Å². The van der Waals surface area contributed by atoms with Gasteiger partial charge in [0.05, 0.1) is 0 Å². The molecule has 0 aliphatic heterocycles. The molecule has 1 aliphatic carbocycles. The smallest absolute Gasteiger partial charge is 0.157 e. The monoisotopic (exact) mass is 250 g/mol. The van der Waals surface area contributed by atoms with Crippen LogP contribution in [-0.4, -0.2) is 5.78 Å². The first kappa shape index (κ1) is 9.66. The fourth-order valence-electron chi connectivity index (χ4n) is 1.80. The van der Waals surface area contributed by atoms with Gasteiger partial charge in [-0.25, -0.2) is 0 Å². The zero-order valence-corrected chi connectivity index (χ0v) is 9.33. The van der Waals surface area contributed by atoms with Crippen LogP contribution in [0.1, 0.15) is 24.3 Å². The highest BCUT2D eigenvalue weighted by molar-refractivity contribution is 9.11. The molecule has 0 saturated heterocycles. The predicted octanol–water partition coefficient (Wildman–Crippen LogP) is 3.41. The zero-order valence-electron chi connectivity index (χ0n) is 7.74. The second kappa shape index (κ2) is 4.09. The van der Waals surface area contributed by atoms with Gasteiger partial charge in [0.2, 0.25) is 0 Å². The molecule has 2 heteroatoms. The van der Waals surface area contributed by atoms with Crippen molar-refractivity contribution in [1.29, 1.82) is 0 Å². The van der Waals surface area contributed by atoms with Crippen LogP contribution in [0.25, 0.3) is 0 Å². The minimum atomic E-state index is 0.219. The third-order valence-electron chi connectivity index (χ3n) is 2.48. The number of hydrogen-bond acceptors (Lipinski definition) is 1. The van der Waals surface area contributed by atoms with Gasteiger partial charge in [-0.2, -0.15) is 0 Å². The van der Waals surface area contributed by atoms with Crippen LogP contribution in [0.5, 0.6) is 0 Å². The van der Waals surface area contributed by atoms with Crippen molar-refractivity contribution in [2.45, 2.75) is 18.8 Å². The number of carbonyl (C=O) groups is 1. The first-order valence-corrected chi connectivity index (χ1v) is 5.49. The van der Waals surface area contributed by atoms with E-state index < -0.39 is 0 Å². The maximum Gasteiger partial charge on any atom is 0.157 e. The maximum absolute atomic E-state index is 11.4. The molecule has 0 N–H and O–H groups in total. The fourth-order valence-corrected chi connectivity index (χ4v) is 2.45. The van der Waals surface area contributed by atoms with E-state index in [1.807, 2.05) is 18.2 Å². The first-order valence-electron chi connectivity index (χ1n) is 4.69. The lowest BCUT2D eigenvalue weighted by atomic mass is 9.87. The molecule has 72 valence electrons. The van der Waals surface area contributed by atoms with E-state index in [0.29, 0.717) is 12.3 Å². The van der Waals surface area contributed by atoms with E-state index in [9.17, 15) is 4.79 Å². The van der Waals surface area contributed by atoms with Crippen molar-refractivity contribution in [1.82, 2.24) is 0 Å². The van der Waals surface area contributed by atoms with E-state index in [0.717, 1.165) is 10.9 Å². The molecule has 1 nitrogen and oxygen atoms in total. The lowest BCUT2D eigenvalue weighted by Gasteiger charge is -2.19. The highest BCUT2D eigenvalue weighted by Gasteiger charge is 2.20. The Morgan fingerprint density at radius 3 is 2.50 bits per heavy atom. The summed E-state index contributed by atoms with van der Waals surface area (Å²) in [6.07, 6.45) is 3.27. The van der Waals surface area contributed by atoms with Gasteiger partial charge in [0.25, 0.3) is 0 Å². The van der Waals surface area contributed by atoms with Gasteiger partial charge in [-0.05, 0) is 28.5 Å². The largest absolute Gasteiger partial charge is 0.295 e. The topological polar surface area (TPSA) is 17.1 Å². The average Bonchev–Trinajstić information content (AvgIpc) is 2.18. The molecule has 0 heterocycles. The highest BCUT2D eigenvalue weighted by atomic mass is 79.9. The average molecular weight is 251 g/mol. The summed E-state index contributed by atoms with van der Waals surface area (Å²) >= 11 is 3.41. The molecule has 1 unspecified atom stereocenters. The minimum Gasteiger partial charge on any atom is -0.295 e. The van der Waals surface area contributed by atoms with Crippen molar-refractivity contribution in [3.8, 4) is 0 Å². The van der Waals surface area contributed by atoms with Gasteiger partial charge in [-0.3, -0.25) is 4.79 Å².